The van der Waals surface area contributed by atoms with Crippen molar-refractivity contribution in [1.82, 2.24) is 5.32 Å². The van der Waals surface area contributed by atoms with Gasteiger partial charge in [0.15, 0.2) is 0 Å². The Kier molecular flexibility index (Phi) is 3.14. The SMILES string of the molecule is CCC1CNCCC1(O)c1cccc2ccsc12. The number of piperidine rings is 1. The third-order valence-electron chi connectivity index (χ3n) is 4.19. The maximum Gasteiger partial charge on any atom is 0.0962 e. The predicted octanol–water partition coefficient (Wildman–Crippen LogP) is 3.11. The van der Waals surface area contributed by atoms with Crippen LogP contribution in [0.4, 0.5) is 0 Å². The summed E-state index contributed by atoms with van der Waals surface area (Å²) >= 11 is 1.74. The van der Waals surface area contributed by atoms with Gasteiger partial charge in [0.1, 0.15) is 0 Å². The van der Waals surface area contributed by atoms with Gasteiger partial charge in [-0.05, 0) is 36.2 Å². The molecule has 0 amide bonds. The van der Waals surface area contributed by atoms with Crippen molar-refractivity contribution in [2.45, 2.75) is 25.4 Å². The Bertz CT molecular complexity index is 550. The zero-order chi connectivity index (χ0) is 12.6. The summed E-state index contributed by atoms with van der Waals surface area (Å²) in [5.74, 6) is 0.305. The van der Waals surface area contributed by atoms with Gasteiger partial charge in [-0.25, -0.2) is 0 Å². The standard InChI is InChI=1S/C15H19NOS/c1-2-12-10-16-8-7-15(12,17)13-5-3-4-11-6-9-18-14(11)13/h3-6,9,12,16-17H,2,7-8,10H2,1H3. The second kappa shape index (κ2) is 4.65. The van der Waals surface area contributed by atoms with E-state index in [1.54, 1.807) is 11.3 Å². The highest BCUT2D eigenvalue weighted by atomic mass is 32.1. The second-order valence-electron chi connectivity index (χ2n) is 5.13. The van der Waals surface area contributed by atoms with Crippen molar-refractivity contribution in [1.29, 1.82) is 0 Å². The largest absolute Gasteiger partial charge is 0.385 e. The van der Waals surface area contributed by atoms with Crippen molar-refractivity contribution in [2.75, 3.05) is 13.1 Å². The van der Waals surface area contributed by atoms with Gasteiger partial charge in [0.05, 0.1) is 5.60 Å². The number of aliphatic hydroxyl groups is 1. The summed E-state index contributed by atoms with van der Waals surface area (Å²) < 4.78 is 1.25. The van der Waals surface area contributed by atoms with Gasteiger partial charge in [-0.15, -0.1) is 11.3 Å². The molecule has 2 unspecified atom stereocenters. The normalized spacial score (nSPS) is 28.7. The van der Waals surface area contributed by atoms with E-state index in [0.29, 0.717) is 5.92 Å². The van der Waals surface area contributed by atoms with Crippen LogP contribution < -0.4 is 5.32 Å². The van der Waals surface area contributed by atoms with E-state index in [1.807, 2.05) is 0 Å². The molecule has 1 aromatic heterocycles. The van der Waals surface area contributed by atoms with E-state index >= 15 is 0 Å². The van der Waals surface area contributed by atoms with Gasteiger partial charge in [0.25, 0.3) is 0 Å². The lowest BCUT2D eigenvalue weighted by Crippen LogP contribution is -2.47. The Labute approximate surface area is 112 Å². The van der Waals surface area contributed by atoms with Crippen LogP contribution in [0, 0.1) is 5.92 Å². The molecule has 0 radical (unpaired) electrons. The number of benzene rings is 1. The van der Waals surface area contributed by atoms with Gasteiger partial charge < -0.3 is 10.4 Å². The minimum Gasteiger partial charge on any atom is -0.385 e. The highest BCUT2D eigenvalue weighted by Crippen LogP contribution is 2.41. The molecule has 1 aromatic carbocycles. The molecule has 2 nitrogen and oxygen atoms in total. The lowest BCUT2D eigenvalue weighted by Gasteiger charge is -2.40. The molecule has 0 spiro atoms. The fourth-order valence-corrected chi connectivity index (χ4v) is 4.09. The number of hydrogen-bond acceptors (Lipinski definition) is 3. The number of hydrogen-bond donors (Lipinski definition) is 2. The minimum absolute atomic E-state index is 0.305. The molecule has 3 rings (SSSR count). The van der Waals surface area contributed by atoms with E-state index < -0.39 is 5.60 Å². The molecule has 3 heteroatoms. The third kappa shape index (κ3) is 1.78. The quantitative estimate of drug-likeness (QED) is 0.870. The predicted molar refractivity (Wildman–Crippen MR) is 77.0 cm³/mol. The summed E-state index contributed by atoms with van der Waals surface area (Å²) in [6, 6.07) is 8.43. The maximum absolute atomic E-state index is 11.2. The van der Waals surface area contributed by atoms with Gasteiger partial charge in [0, 0.05) is 22.7 Å². The Hall–Kier alpha value is -0.900. The summed E-state index contributed by atoms with van der Waals surface area (Å²) in [5.41, 5.74) is 0.466. The summed E-state index contributed by atoms with van der Waals surface area (Å²) in [6.45, 7) is 3.97. The van der Waals surface area contributed by atoms with Crippen LogP contribution in [0.2, 0.25) is 0 Å². The van der Waals surface area contributed by atoms with Gasteiger partial charge in [-0.2, -0.15) is 0 Å². The van der Waals surface area contributed by atoms with Crippen LogP contribution in [0.15, 0.2) is 29.6 Å². The smallest absolute Gasteiger partial charge is 0.0962 e. The first-order chi connectivity index (χ1) is 8.75. The van der Waals surface area contributed by atoms with Crippen LogP contribution in [0.25, 0.3) is 10.1 Å². The zero-order valence-electron chi connectivity index (χ0n) is 10.6. The lowest BCUT2D eigenvalue weighted by atomic mass is 9.75. The Morgan fingerprint density at radius 1 is 1.44 bits per heavy atom. The van der Waals surface area contributed by atoms with E-state index in [1.165, 1.54) is 10.1 Å². The Balaban J connectivity index is 2.14. The van der Waals surface area contributed by atoms with Gasteiger partial charge in [-0.3, -0.25) is 0 Å². The second-order valence-corrected chi connectivity index (χ2v) is 6.04. The van der Waals surface area contributed by atoms with Crippen molar-refractivity contribution in [3.63, 3.8) is 0 Å². The van der Waals surface area contributed by atoms with E-state index in [0.717, 1.165) is 31.5 Å². The highest BCUT2D eigenvalue weighted by molar-refractivity contribution is 7.17. The van der Waals surface area contributed by atoms with Crippen LogP contribution in [0.3, 0.4) is 0 Å². The van der Waals surface area contributed by atoms with E-state index in [4.69, 9.17) is 0 Å². The Morgan fingerprint density at radius 3 is 3.17 bits per heavy atom. The molecule has 0 bridgehead atoms. The summed E-state index contributed by atoms with van der Waals surface area (Å²) in [7, 11) is 0. The average Bonchev–Trinajstić information content (AvgIpc) is 2.87. The van der Waals surface area contributed by atoms with E-state index in [2.05, 4.69) is 41.9 Å². The highest BCUT2D eigenvalue weighted by Gasteiger charge is 2.40. The summed E-state index contributed by atoms with van der Waals surface area (Å²) in [6.07, 6.45) is 1.81. The summed E-state index contributed by atoms with van der Waals surface area (Å²) in [5, 5.41) is 17.9. The number of rotatable bonds is 2. The molecule has 1 aliphatic heterocycles. The molecule has 0 aliphatic carbocycles. The fraction of sp³-hybridized carbons (Fsp3) is 0.467. The third-order valence-corrected chi connectivity index (χ3v) is 5.15. The number of thiophene rings is 1. The number of nitrogens with one attached hydrogen (secondary N) is 1. The molecule has 1 saturated heterocycles. The molecule has 1 fully saturated rings. The van der Waals surface area contributed by atoms with Crippen LogP contribution in [0.1, 0.15) is 25.3 Å². The molecule has 96 valence electrons. The fourth-order valence-electron chi connectivity index (χ4n) is 3.10. The Morgan fingerprint density at radius 2 is 2.33 bits per heavy atom. The van der Waals surface area contributed by atoms with Crippen molar-refractivity contribution in [2.24, 2.45) is 5.92 Å². The van der Waals surface area contributed by atoms with Crippen LogP contribution in [0.5, 0.6) is 0 Å². The number of fused-ring (bicyclic) bond motifs is 1. The van der Waals surface area contributed by atoms with Crippen molar-refractivity contribution >= 4 is 21.4 Å². The van der Waals surface area contributed by atoms with Crippen LogP contribution in [-0.4, -0.2) is 18.2 Å². The monoisotopic (exact) mass is 261 g/mol. The molecule has 18 heavy (non-hydrogen) atoms. The molecule has 0 saturated carbocycles. The van der Waals surface area contributed by atoms with Gasteiger partial charge in [0.2, 0.25) is 0 Å². The molecule has 2 atom stereocenters. The van der Waals surface area contributed by atoms with Crippen LogP contribution >= 0.6 is 11.3 Å². The van der Waals surface area contributed by atoms with Crippen molar-refractivity contribution < 1.29 is 5.11 Å². The van der Waals surface area contributed by atoms with E-state index in [-0.39, 0.29) is 0 Å². The molecule has 2 N–H and O–H groups in total. The zero-order valence-corrected chi connectivity index (χ0v) is 11.5. The molecular formula is C15H19NOS. The van der Waals surface area contributed by atoms with Crippen molar-refractivity contribution in [3.8, 4) is 0 Å². The average molecular weight is 261 g/mol. The van der Waals surface area contributed by atoms with E-state index in [9.17, 15) is 5.11 Å². The first-order valence-electron chi connectivity index (χ1n) is 6.65. The van der Waals surface area contributed by atoms with Gasteiger partial charge in [-0.1, -0.05) is 25.1 Å². The van der Waals surface area contributed by atoms with Crippen molar-refractivity contribution in [3.05, 3.63) is 35.2 Å². The first-order valence-corrected chi connectivity index (χ1v) is 7.53. The summed E-state index contributed by atoms with van der Waals surface area (Å²) in [4.78, 5) is 0. The topological polar surface area (TPSA) is 32.3 Å². The molecule has 2 aromatic rings. The molecule has 2 heterocycles. The van der Waals surface area contributed by atoms with Gasteiger partial charge >= 0.3 is 0 Å². The first kappa shape index (κ1) is 12.2. The lowest BCUT2D eigenvalue weighted by molar-refractivity contribution is -0.0464. The van der Waals surface area contributed by atoms with Crippen LogP contribution in [-0.2, 0) is 5.60 Å². The molecular weight excluding hydrogens is 242 g/mol. The minimum atomic E-state index is -0.662. The maximum atomic E-state index is 11.2. The molecule has 1 aliphatic rings.